The molecule has 6 atom stereocenters. The SMILES string of the molecule is COC(=O)[C@H]1C[C@@]2(C#N)[C@H](C(C)=O)CC[C@H]2[C@@H]2CCc3ccccc3[C@H]21. The monoisotopic (exact) mass is 351 g/mol. The smallest absolute Gasteiger partial charge is 0.309 e. The standard InChI is InChI=1S/C22H25NO3/c1-13(24)18-9-10-19-16-8-7-14-5-3-4-6-15(14)20(16)17(21(25)26-2)11-22(18,19)12-23/h3-6,16-20H,7-11H2,1-2H3/t16-,17-,18-,19-,20+,22+/m0/s1. The van der Waals surface area contributed by atoms with Crippen LogP contribution in [0.3, 0.4) is 0 Å². The van der Waals surface area contributed by atoms with Gasteiger partial charge >= 0.3 is 5.97 Å². The highest BCUT2D eigenvalue weighted by atomic mass is 16.5. The van der Waals surface area contributed by atoms with Gasteiger partial charge in [-0.2, -0.15) is 5.26 Å². The normalized spacial score (nSPS) is 37.7. The quantitative estimate of drug-likeness (QED) is 0.763. The van der Waals surface area contributed by atoms with E-state index in [1.807, 2.05) is 6.07 Å². The summed E-state index contributed by atoms with van der Waals surface area (Å²) in [5, 5.41) is 10.2. The predicted molar refractivity (Wildman–Crippen MR) is 96.1 cm³/mol. The number of carbonyl (C=O) groups is 2. The Balaban J connectivity index is 1.85. The molecule has 1 aromatic rings. The molecule has 0 heterocycles. The lowest BCUT2D eigenvalue weighted by Gasteiger charge is -2.51. The van der Waals surface area contributed by atoms with E-state index in [-0.39, 0.29) is 41.3 Å². The average molecular weight is 351 g/mol. The zero-order valence-electron chi connectivity index (χ0n) is 15.4. The number of aryl methyl sites for hydroxylation is 1. The highest BCUT2D eigenvalue weighted by Crippen LogP contribution is 2.64. The maximum atomic E-state index is 12.7. The molecule has 4 nitrogen and oxygen atoms in total. The fourth-order valence-electron chi connectivity index (χ4n) is 6.44. The Morgan fingerprint density at radius 1 is 1.23 bits per heavy atom. The summed E-state index contributed by atoms with van der Waals surface area (Å²) in [6.45, 7) is 1.60. The van der Waals surface area contributed by atoms with Gasteiger partial charge in [-0.15, -0.1) is 0 Å². The van der Waals surface area contributed by atoms with Crippen LogP contribution < -0.4 is 0 Å². The van der Waals surface area contributed by atoms with E-state index in [2.05, 4.69) is 24.3 Å². The molecule has 0 amide bonds. The summed E-state index contributed by atoms with van der Waals surface area (Å²) in [5.74, 6) is -0.173. The van der Waals surface area contributed by atoms with Gasteiger partial charge < -0.3 is 4.74 Å². The van der Waals surface area contributed by atoms with Crippen molar-refractivity contribution in [3.63, 3.8) is 0 Å². The molecule has 4 heteroatoms. The zero-order valence-corrected chi connectivity index (χ0v) is 15.4. The first kappa shape index (κ1) is 17.3. The number of nitrogens with zero attached hydrogens (tertiary/aromatic N) is 1. The Kier molecular flexibility index (Phi) is 4.14. The molecule has 0 unspecified atom stereocenters. The van der Waals surface area contributed by atoms with E-state index in [0.29, 0.717) is 6.42 Å². The summed E-state index contributed by atoms with van der Waals surface area (Å²) < 4.78 is 5.15. The number of benzene rings is 1. The van der Waals surface area contributed by atoms with Gasteiger partial charge in [-0.3, -0.25) is 9.59 Å². The molecule has 0 aliphatic heterocycles. The van der Waals surface area contributed by atoms with Crippen molar-refractivity contribution in [2.24, 2.45) is 29.1 Å². The summed E-state index contributed by atoms with van der Waals surface area (Å²) in [5.41, 5.74) is 1.85. The molecule has 26 heavy (non-hydrogen) atoms. The average Bonchev–Trinajstić information content (AvgIpc) is 3.06. The first-order valence-corrected chi connectivity index (χ1v) is 9.61. The van der Waals surface area contributed by atoms with Crippen LogP contribution in [0.15, 0.2) is 24.3 Å². The van der Waals surface area contributed by atoms with Crippen molar-refractivity contribution in [1.82, 2.24) is 0 Å². The number of fused-ring (bicyclic) bond motifs is 5. The third-order valence-corrected chi connectivity index (χ3v) is 7.38. The molecule has 2 fully saturated rings. The molecule has 4 rings (SSSR count). The van der Waals surface area contributed by atoms with Crippen molar-refractivity contribution < 1.29 is 14.3 Å². The Bertz CT molecular complexity index is 795. The number of ether oxygens (including phenoxy) is 1. The number of carbonyl (C=O) groups excluding carboxylic acids is 2. The number of Topliss-reactive ketones (excluding diaryl/α,β-unsaturated/α-hetero) is 1. The van der Waals surface area contributed by atoms with Crippen molar-refractivity contribution in [3.8, 4) is 6.07 Å². The fourth-order valence-corrected chi connectivity index (χ4v) is 6.44. The van der Waals surface area contributed by atoms with Gasteiger partial charge in [0.15, 0.2) is 0 Å². The maximum absolute atomic E-state index is 12.7. The number of hydrogen-bond donors (Lipinski definition) is 0. The zero-order chi connectivity index (χ0) is 18.5. The Morgan fingerprint density at radius 2 is 2.00 bits per heavy atom. The van der Waals surface area contributed by atoms with Crippen LogP contribution in [0, 0.1) is 40.4 Å². The van der Waals surface area contributed by atoms with Gasteiger partial charge in [0.25, 0.3) is 0 Å². The molecular formula is C22H25NO3. The van der Waals surface area contributed by atoms with E-state index in [4.69, 9.17) is 4.74 Å². The van der Waals surface area contributed by atoms with E-state index < -0.39 is 5.41 Å². The lowest BCUT2D eigenvalue weighted by atomic mass is 9.50. The van der Waals surface area contributed by atoms with Crippen molar-refractivity contribution in [3.05, 3.63) is 35.4 Å². The van der Waals surface area contributed by atoms with Gasteiger partial charge in [0.1, 0.15) is 5.78 Å². The van der Waals surface area contributed by atoms with Crippen LogP contribution >= 0.6 is 0 Å². The largest absolute Gasteiger partial charge is 0.469 e. The second-order valence-electron chi connectivity index (χ2n) is 8.26. The third kappa shape index (κ3) is 2.26. The first-order valence-electron chi connectivity index (χ1n) is 9.61. The fraction of sp³-hybridized carbons (Fsp3) is 0.591. The predicted octanol–water partition coefficient (Wildman–Crippen LogP) is 3.65. The van der Waals surface area contributed by atoms with Gasteiger partial charge in [-0.1, -0.05) is 24.3 Å². The lowest BCUT2D eigenvalue weighted by Crippen LogP contribution is -2.50. The minimum Gasteiger partial charge on any atom is -0.469 e. The van der Waals surface area contributed by atoms with Crippen LogP contribution in [0.4, 0.5) is 0 Å². The minimum absolute atomic E-state index is 0.0901. The summed E-state index contributed by atoms with van der Waals surface area (Å²) in [4.78, 5) is 25.0. The molecule has 0 aromatic heterocycles. The molecule has 0 spiro atoms. The van der Waals surface area contributed by atoms with Crippen LogP contribution in [-0.2, 0) is 20.7 Å². The van der Waals surface area contributed by atoms with Crippen molar-refractivity contribution in [2.75, 3.05) is 7.11 Å². The lowest BCUT2D eigenvalue weighted by molar-refractivity contribution is -0.152. The Labute approximate surface area is 154 Å². The summed E-state index contributed by atoms with van der Waals surface area (Å²) >= 11 is 0. The van der Waals surface area contributed by atoms with E-state index in [1.165, 1.54) is 18.2 Å². The number of rotatable bonds is 2. The van der Waals surface area contributed by atoms with E-state index in [0.717, 1.165) is 25.7 Å². The molecular weight excluding hydrogens is 326 g/mol. The summed E-state index contributed by atoms with van der Waals surface area (Å²) in [7, 11) is 1.42. The molecule has 0 saturated heterocycles. The minimum atomic E-state index is -0.710. The van der Waals surface area contributed by atoms with Crippen LogP contribution in [0.2, 0.25) is 0 Å². The molecule has 0 N–H and O–H groups in total. The van der Waals surface area contributed by atoms with Gasteiger partial charge in [0.05, 0.1) is 24.5 Å². The van der Waals surface area contributed by atoms with E-state index in [9.17, 15) is 14.9 Å². The number of ketones is 1. The molecule has 0 radical (unpaired) electrons. The Hall–Kier alpha value is -2.15. The highest BCUT2D eigenvalue weighted by Gasteiger charge is 2.63. The molecule has 3 aliphatic carbocycles. The molecule has 1 aromatic carbocycles. The molecule has 0 bridgehead atoms. The van der Waals surface area contributed by atoms with Crippen LogP contribution in [0.5, 0.6) is 0 Å². The van der Waals surface area contributed by atoms with Gasteiger partial charge in [0, 0.05) is 11.8 Å². The van der Waals surface area contributed by atoms with Crippen molar-refractivity contribution >= 4 is 11.8 Å². The second kappa shape index (κ2) is 6.23. The first-order chi connectivity index (χ1) is 12.5. The van der Waals surface area contributed by atoms with Gasteiger partial charge in [-0.05, 0) is 62.0 Å². The van der Waals surface area contributed by atoms with Crippen LogP contribution in [0.25, 0.3) is 0 Å². The summed E-state index contributed by atoms with van der Waals surface area (Å²) in [6, 6.07) is 10.9. The van der Waals surface area contributed by atoms with Gasteiger partial charge in [0.2, 0.25) is 0 Å². The van der Waals surface area contributed by atoms with Crippen molar-refractivity contribution in [2.45, 2.75) is 44.9 Å². The third-order valence-electron chi connectivity index (χ3n) is 7.38. The molecule has 2 saturated carbocycles. The number of esters is 1. The van der Waals surface area contributed by atoms with Crippen LogP contribution in [-0.4, -0.2) is 18.9 Å². The summed E-state index contributed by atoms with van der Waals surface area (Å²) in [6.07, 6.45) is 4.09. The highest BCUT2D eigenvalue weighted by molar-refractivity contribution is 5.81. The number of hydrogen-bond acceptors (Lipinski definition) is 4. The Morgan fingerprint density at radius 3 is 2.69 bits per heavy atom. The van der Waals surface area contributed by atoms with Crippen molar-refractivity contribution in [1.29, 1.82) is 5.26 Å². The second-order valence-corrected chi connectivity index (χ2v) is 8.26. The van der Waals surface area contributed by atoms with E-state index in [1.54, 1.807) is 6.92 Å². The topological polar surface area (TPSA) is 67.2 Å². The molecule has 3 aliphatic rings. The maximum Gasteiger partial charge on any atom is 0.309 e. The number of nitriles is 1. The molecule has 136 valence electrons. The van der Waals surface area contributed by atoms with Gasteiger partial charge in [-0.25, -0.2) is 0 Å². The van der Waals surface area contributed by atoms with E-state index >= 15 is 0 Å². The number of methoxy groups -OCH3 is 1. The van der Waals surface area contributed by atoms with Crippen LogP contribution in [0.1, 0.15) is 49.7 Å².